The van der Waals surface area contributed by atoms with E-state index in [0.29, 0.717) is 19.3 Å². The molecule has 0 saturated carbocycles. The minimum atomic E-state index is -0.836. The van der Waals surface area contributed by atoms with Gasteiger partial charge >= 0.3 is 17.9 Å². The second-order valence-corrected chi connectivity index (χ2v) is 17.0. The Bertz CT molecular complexity index is 1420. The molecule has 0 heterocycles. The van der Waals surface area contributed by atoms with E-state index in [4.69, 9.17) is 14.2 Å². The van der Waals surface area contributed by atoms with Crippen LogP contribution in [0.1, 0.15) is 220 Å². The monoisotopic (exact) mass is 913 g/mol. The number of hydrogen-bond acceptors (Lipinski definition) is 6. The topological polar surface area (TPSA) is 78.9 Å². The van der Waals surface area contributed by atoms with E-state index in [9.17, 15) is 14.4 Å². The Hall–Kier alpha value is -4.19. The molecule has 0 aromatic rings. The van der Waals surface area contributed by atoms with Crippen LogP contribution in [0.15, 0.2) is 122 Å². The standard InChI is InChI=1S/C60H96O6/c1-4-7-10-13-16-19-22-25-28-30-32-35-38-41-44-47-50-53-59(62)65-56-57(55-64-58(61)52-49-46-43-40-37-34-27-24-21-18-15-12-9-6-3)66-60(63)54-51-48-45-42-39-36-33-31-29-26-23-20-17-14-11-8-5-2/h7,10,16-17,19-20,24-29,32-33,35-36,41-42,44-45,57H,4-6,8-9,11-15,18,21-23,30-31,34,37-40,43,46-56H2,1-3H3/b10-7-,19-16-,20-17-,27-24-,28-25-,29-26-,35-32-,36-33-,44-41-,45-42-/t57-/m1/s1. The molecule has 372 valence electrons. The molecule has 0 aliphatic heterocycles. The second kappa shape index (κ2) is 53.4. The third-order valence-electron chi connectivity index (χ3n) is 10.7. The van der Waals surface area contributed by atoms with Crippen molar-refractivity contribution < 1.29 is 28.6 Å². The molecule has 1 atom stereocenters. The summed E-state index contributed by atoms with van der Waals surface area (Å²) < 4.78 is 16.7. The molecule has 0 saturated heterocycles. The highest BCUT2D eigenvalue weighted by Gasteiger charge is 2.19. The zero-order valence-corrected chi connectivity index (χ0v) is 42.4. The number of ether oxygens (including phenoxy) is 3. The Morgan fingerprint density at radius 1 is 0.318 bits per heavy atom. The van der Waals surface area contributed by atoms with Crippen LogP contribution < -0.4 is 0 Å². The van der Waals surface area contributed by atoms with E-state index < -0.39 is 6.10 Å². The van der Waals surface area contributed by atoms with Crippen molar-refractivity contribution in [1.29, 1.82) is 0 Å². The average Bonchev–Trinajstić information content (AvgIpc) is 3.31. The normalized spacial score (nSPS) is 13.1. The number of esters is 3. The zero-order valence-electron chi connectivity index (χ0n) is 42.4. The molecule has 6 heteroatoms. The fourth-order valence-electron chi connectivity index (χ4n) is 6.70. The Kier molecular flexibility index (Phi) is 50.0. The summed E-state index contributed by atoms with van der Waals surface area (Å²) in [6.07, 6.45) is 73.3. The summed E-state index contributed by atoms with van der Waals surface area (Å²) >= 11 is 0. The lowest BCUT2D eigenvalue weighted by atomic mass is 10.1. The van der Waals surface area contributed by atoms with E-state index >= 15 is 0 Å². The lowest BCUT2D eigenvalue weighted by Crippen LogP contribution is -2.30. The molecule has 0 aliphatic carbocycles. The molecular weight excluding hydrogens is 817 g/mol. The largest absolute Gasteiger partial charge is 0.462 e. The van der Waals surface area contributed by atoms with Gasteiger partial charge in [-0.05, 0) is 122 Å². The van der Waals surface area contributed by atoms with E-state index in [1.165, 1.54) is 70.6 Å². The molecule has 0 N–H and O–H groups in total. The number of hydrogen-bond donors (Lipinski definition) is 0. The highest BCUT2D eigenvalue weighted by molar-refractivity contribution is 5.71. The number of rotatable bonds is 46. The van der Waals surface area contributed by atoms with E-state index in [1.54, 1.807) is 0 Å². The maximum absolute atomic E-state index is 12.8. The number of unbranched alkanes of at least 4 members (excludes halogenated alkanes) is 15. The van der Waals surface area contributed by atoms with Gasteiger partial charge in [-0.1, -0.05) is 200 Å². The van der Waals surface area contributed by atoms with E-state index in [2.05, 4.69) is 142 Å². The summed E-state index contributed by atoms with van der Waals surface area (Å²) in [5, 5.41) is 0. The molecule has 0 fully saturated rings. The molecule has 0 aromatic heterocycles. The second-order valence-electron chi connectivity index (χ2n) is 17.0. The molecule has 0 rings (SSSR count). The van der Waals surface area contributed by atoms with Crippen LogP contribution in [0.3, 0.4) is 0 Å². The fourth-order valence-corrected chi connectivity index (χ4v) is 6.70. The maximum Gasteiger partial charge on any atom is 0.306 e. The van der Waals surface area contributed by atoms with Gasteiger partial charge in [0.25, 0.3) is 0 Å². The van der Waals surface area contributed by atoms with Gasteiger partial charge in [0.15, 0.2) is 6.10 Å². The molecule has 6 nitrogen and oxygen atoms in total. The van der Waals surface area contributed by atoms with Crippen molar-refractivity contribution in [1.82, 2.24) is 0 Å². The number of carbonyl (C=O) groups is 3. The SMILES string of the molecule is CC/C=C\C/C=C\C/C=C\C/C=C\C/C=C\CCCC(=O)OC[C@@H](COC(=O)CCCCCCC/C=C\CCCCCCC)OC(=O)CCC/C=C\C/C=C\C/C=C\C/C=C\CCCCC. The van der Waals surface area contributed by atoms with E-state index in [1.807, 2.05) is 0 Å². The molecule has 0 amide bonds. The van der Waals surface area contributed by atoms with E-state index in [-0.39, 0.29) is 44.0 Å². The van der Waals surface area contributed by atoms with Crippen LogP contribution >= 0.6 is 0 Å². The first-order valence-corrected chi connectivity index (χ1v) is 26.5. The van der Waals surface area contributed by atoms with Crippen molar-refractivity contribution in [3.8, 4) is 0 Å². The van der Waals surface area contributed by atoms with Crippen molar-refractivity contribution in [3.63, 3.8) is 0 Å². The molecule has 0 spiro atoms. The van der Waals surface area contributed by atoms with Crippen LogP contribution in [-0.4, -0.2) is 37.2 Å². The first kappa shape index (κ1) is 61.8. The summed E-state index contributed by atoms with van der Waals surface area (Å²) in [7, 11) is 0. The Balaban J connectivity index is 4.60. The fraction of sp³-hybridized carbons (Fsp3) is 0.617. The van der Waals surface area contributed by atoms with Gasteiger partial charge in [0.2, 0.25) is 0 Å². The molecule has 0 radical (unpaired) electrons. The molecule has 0 unspecified atom stereocenters. The quantitative estimate of drug-likeness (QED) is 0.0262. The van der Waals surface area contributed by atoms with Crippen LogP contribution in [-0.2, 0) is 28.6 Å². The van der Waals surface area contributed by atoms with Gasteiger partial charge in [-0.25, -0.2) is 0 Å². The van der Waals surface area contributed by atoms with E-state index in [0.717, 1.165) is 96.3 Å². The van der Waals surface area contributed by atoms with Crippen LogP contribution in [0.4, 0.5) is 0 Å². The predicted octanol–water partition coefficient (Wildman–Crippen LogP) is 17.7. The average molecular weight is 913 g/mol. The highest BCUT2D eigenvalue weighted by atomic mass is 16.6. The minimum absolute atomic E-state index is 0.125. The molecule has 0 aromatic carbocycles. The van der Waals surface area contributed by atoms with Gasteiger partial charge in [-0.15, -0.1) is 0 Å². The van der Waals surface area contributed by atoms with Gasteiger partial charge in [0.05, 0.1) is 0 Å². The Morgan fingerprint density at radius 2 is 0.606 bits per heavy atom. The van der Waals surface area contributed by atoms with Crippen LogP contribution in [0.2, 0.25) is 0 Å². The molecular formula is C60H96O6. The third-order valence-corrected chi connectivity index (χ3v) is 10.7. The minimum Gasteiger partial charge on any atom is -0.462 e. The van der Waals surface area contributed by atoms with Gasteiger partial charge in [0.1, 0.15) is 13.2 Å². The van der Waals surface area contributed by atoms with Gasteiger partial charge in [0, 0.05) is 19.3 Å². The summed E-state index contributed by atoms with van der Waals surface area (Å²) in [4.78, 5) is 38.0. The zero-order chi connectivity index (χ0) is 47.9. The summed E-state index contributed by atoms with van der Waals surface area (Å²) in [6.45, 7) is 6.37. The first-order chi connectivity index (χ1) is 32.5. The first-order valence-electron chi connectivity index (χ1n) is 26.5. The predicted molar refractivity (Wildman–Crippen MR) is 283 cm³/mol. The lowest BCUT2D eigenvalue weighted by Gasteiger charge is -2.18. The number of carbonyl (C=O) groups excluding carboxylic acids is 3. The maximum atomic E-state index is 12.8. The van der Waals surface area contributed by atoms with Crippen molar-refractivity contribution in [2.75, 3.05) is 13.2 Å². The van der Waals surface area contributed by atoms with Crippen molar-refractivity contribution in [3.05, 3.63) is 122 Å². The van der Waals surface area contributed by atoms with Gasteiger partial charge in [-0.3, -0.25) is 14.4 Å². The van der Waals surface area contributed by atoms with Crippen molar-refractivity contribution >= 4 is 17.9 Å². The highest BCUT2D eigenvalue weighted by Crippen LogP contribution is 2.12. The van der Waals surface area contributed by atoms with Crippen LogP contribution in [0, 0.1) is 0 Å². The summed E-state index contributed by atoms with van der Waals surface area (Å²) in [5.41, 5.74) is 0. The van der Waals surface area contributed by atoms with Gasteiger partial charge < -0.3 is 14.2 Å². The van der Waals surface area contributed by atoms with Crippen LogP contribution in [0.5, 0.6) is 0 Å². The third kappa shape index (κ3) is 50.8. The van der Waals surface area contributed by atoms with Crippen molar-refractivity contribution in [2.24, 2.45) is 0 Å². The van der Waals surface area contributed by atoms with Gasteiger partial charge in [-0.2, -0.15) is 0 Å². The molecule has 0 aliphatic rings. The van der Waals surface area contributed by atoms with Crippen molar-refractivity contribution in [2.45, 2.75) is 226 Å². The lowest BCUT2D eigenvalue weighted by molar-refractivity contribution is -0.167. The van der Waals surface area contributed by atoms with Crippen LogP contribution in [0.25, 0.3) is 0 Å². The summed E-state index contributed by atoms with van der Waals surface area (Å²) in [6, 6.07) is 0. The molecule has 66 heavy (non-hydrogen) atoms. The smallest absolute Gasteiger partial charge is 0.306 e. The number of allylic oxidation sites excluding steroid dienone is 20. The Labute approximate surface area is 405 Å². The molecule has 0 bridgehead atoms. The summed E-state index contributed by atoms with van der Waals surface area (Å²) in [5.74, 6) is -1.06. The Morgan fingerprint density at radius 3 is 1.03 bits per heavy atom.